The second-order valence-corrected chi connectivity index (χ2v) is 7.82. The molecule has 1 heterocycles. The second kappa shape index (κ2) is 5.60. The zero-order valence-electron chi connectivity index (χ0n) is 12.1. The molecule has 1 aromatic rings. The van der Waals surface area contributed by atoms with Crippen LogP contribution in [0.1, 0.15) is 47.6 Å². The van der Waals surface area contributed by atoms with E-state index in [-0.39, 0.29) is 11.9 Å². The monoisotopic (exact) mass is 299 g/mol. The number of aryl methyl sites for hydroxylation is 2. The largest absolute Gasteiger partial charge is 0.466 e. The van der Waals surface area contributed by atoms with Crippen molar-refractivity contribution < 1.29 is 17.6 Å². The Hall–Kier alpha value is -1.30. The summed E-state index contributed by atoms with van der Waals surface area (Å²) in [6, 6.07) is 1.38. The molecule has 1 aliphatic rings. The van der Waals surface area contributed by atoms with Crippen LogP contribution in [-0.2, 0) is 9.84 Å². The minimum atomic E-state index is -3.15. The molecule has 0 unspecified atom stereocenters. The van der Waals surface area contributed by atoms with E-state index >= 15 is 0 Å². The number of hydrogen-bond acceptors (Lipinski definition) is 4. The summed E-state index contributed by atoms with van der Waals surface area (Å²) < 4.78 is 29.0. The molecule has 1 N–H and O–H groups in total. The van der Waals surface area contributed by atoms with E-state index in [2.05, 4.69) is 5.32 Å². The fourth-order valence-corrected chi connectivity index (χ4v) is 4.27. The Kier molecular flexibility index (Phi) is 4.22. The van der Waals surface area contributed by atoms with E-state index in [9.17, 15) is 13.2 Å². The van der Waals surface area contributed by atoms with Gasteiger partial charge in [0.25, 0.3) is 5.91 Å². The minimum Gasteiger partial charge on any atom is -0.466 e. The van der Waals surface area contributed by atoms with Crippen LogP contribution in [0.2, 0.25) is 0 Å². The molecular formula is C14H21NO4S. The summed E-state index contributed by atoms with van der Waals surface area (Å²) in [5.74, 6) is 0.988. The Bertz CT molecular complexity index is 603. The van der Waals surface area contributed by atoms with Gasteiger partial charge in [-0.25, -0.2) is 8.42 Å². The van der Waals surface area contributed by atoms with Crippen LogP contribution < -0.4 is 5.32 Å². The Labute approximate surface area is 119 Å². The highest BCUT2D eigenvalue weighted by atomic mass is 32.2. The molecule has 0 radical (unpaired) electrons. The molecule has 1 amide bonds. The summed E-state index contributed by atoms with van der Waals surface area (Å²) in [7, 11) is -3.15. The van der Waals surface area contributed by atoms with Crippen LogP contribution >= 0.6 is 0 Å². The highest BCUT2D eigenvalue weighted by Crippen LogP contribution is 2.25. The molecule has 0 spiro atoms. The van der Waals surface area contributed by atoms with Crippen LogP contribution in [0.5, 0.6) is 0 Å². The normalized spacial score (nSPS) is 23.6. The molecule has 112 valence electrons. The standard InChI is InChI=1S/C14H21NO4S/c1-9-8-11(10(2)19-9)14(16)15-12-6-4-5-7-13(12)20(3,17)18/h8,12-13H,4-7H2,1-3H3,(H,15,16)/t12-,13-/m1/s1. The number of nitrogens with one attached hydrogen (secondary N) is 1. The van der Waals surface area contributed by atoms with E-state index < -0.39 is 15.1 Å². The van der Waals surface area contributed by atoms with Crippen molar-refractivity contribution in [3.63, 3.8) is 0 Å². The van der Waals surface area contributed by atoms with Gasteiger partial charge in [0.05, 0.1) is 10.8 Å². The maximum Gasteiger partial charge on any atom is 0.255 e. The van der Waals surface area contributed by atoms with Gasteiger partial charge in [0, 0.05) is 12.3 Å². The van der Waals surface area contributed by atoms with Crippen LogP contribution in [0.15, 0.2) is 10.5 Å². The van der Waals surface area contributed by atoms with Gasteiger partial charge in [-0.2, -0.15) is 0 Å². The molecule has 0 bridgehead atoms. The predicted octanol–water partition coefficient (Wildman–Crippen LogP) is 1.98. The van der Waals surface area contributed by atoms with Gasteiger partial charge in [-0.15, -0.1) is 0 Å². The third kappa shape index (κ3) is 3.23. The molecule has 20 heavy (non-hydrogen) atoms. The van der Waals surface area contributed by atoms with Gasteiger partial charge in [-0.1, -0.05) is 12.8 Å². The predicted molar refractivity (Wildman–Crippen MR) is 76.5 cm³/mol. The van der Waals surface area contributed by atoms with E-state index in [0.717, 1.165) is 12.8 Å². The van der Waals surface area contributed by atoms with Crippen LogP contribution in [0, 0.1) is 13.8 Å². The lowest BCUT2D eigenvalue weighted by Gasteiger charge is -2.30. The molecule has 1 saturated carbocycles. The molecule has 5 nitrogen and oxygen atoms in total. The van der Waals surface area contributed by atoms with Gasteiger partial charge in [-0.05, 0) is 32.8 Å². The quantitative estimate of drug-likeness (QED) is 0.926. The minimum absolute atomic E-state index is 0.250. The average molecular weight is 299 g/mol. The first-order chi connectivity index (χ1) is 9.29. The summed E-state index contributed by atoms with van der Waals surface area (Å²) in [4.78, 5) is 12.3. The van der Waals surface area contributed by atoms with Crippen molar-refractivity contribution >= 4 is 15.7 Å². The van der Waals surface area contributed by atoms with E-state index in [1.807, 2.05) is 0 Å². The number of hydrogen-bond donors (Lipinski definition) is 1. The van der Waals surface area contributed by atoms with Crippen molar-refractivity contribution in [1.29, 1.82) is 0 Å². The summed E-state index contributed by atoms with van der Waals surface area (Å²) in [5, 5.41) is 2.39. The van der Waals surface area contributed by atoms with Gasteiger partial charge in [0.1, 0.15) is 11.5 Å². The average Bonchev–Trinajstić information content (AvgIpc) is 2.68. The number of sulfone groups is 1. The number of amides is 1. The third-order valence-corrected chi connectivity index (χ3v) is 5.52. The summed E-state index contributed by atoms with van der Waals surface area (Å²) in [6.07, 6.45) is 4.41. The van der Waals surface area contributed by atoms with Gasteiger partial charge in [0.2, 0.25) is 0 Å². The molecule has 1 aliphatic carbocycles. The summed E-state index contributed by atoms with van der Waals surface area (Å²) >= 11 is 0. The first kappa shape index (κ1) is 15.1. The van der Waals surface area contributed by atoms with E-state index in [1.54, 1.807) is 19.9 Å². The van der Waals surface area contributed by atoms with Gasteiger partial charge >= 0.3 is 0 Å². The van der Waals surface area contributed by atoms with Crippen molar-refractivity contribution in [2.45, 2.75) is 50.8 Å². The van der Waals surface area contributed by atoms with E-state index in [0.29, 0.717) is 29.9 Å². The summed E-state index contributed by atoms with van der Waals surface area (Å²) in [6.45, 7) is 3.51. The topological polar surface area (TPSA) is 76.4 Å². The van der Waals surface area contributed by atoms with Crippen molar-refractivity contribution in [2.75, 3.05) is 6.26 Å². The van der Waals surface area contributed by atoms with Crippen molar-refractivity contribution in [2.24, 2.45) is 0 Å². The zero-order chi connectivity index (χ0) is 14.9. The van der Waals surface area contributed by atoms with Crippen LogP contribution in [0.3, 0.4) is 0 Å². The summed E-state index contributed by atoms with van der Waals surface area (Å²) in [5.41, 5.74) is 0.486. The second-order valence-electron chi connectivity index (χ2n) is 5.56. The zero-order valence-corrected chi connectivity index (χ0v) is 12.9. The van der Waals surface area contributed by atoms with Crippen LogP contribution in [0.4, 0.5) is 0 Å². The maximum absolute atomic E-state index is 12.3. The molecule has 2 atom stereocenters. The molecule has 1 aromatic heterocycles. The van der Waals surface area contributed by atoms with Gasteiger partial charge < -0.3 is 9.73 Å². The third-order valence-electron chi connectivity index (χ3n) is 3.85. The fourth-order valence-electron chi connectivity index (χ4n) is 2.88. The lowest BCUT2D eigenvalue weighted by Crippen LogP contribution is -2.48. The molecule has 0 aliphatic heterocycles. The molecule has 1 fully saturated rings. The maximum atomic E-state index is 12.3. The molecule has 0 saturated heterocycles. The Morgan fingerprint density at radius 3 is 2.50 bits per heavy atom. The molecular weight excluding hydrogens is 278 g/mol. The van der Waals surface area contributed by atoms with Crippen molar-refractivity contribution in [1.82, 2.24) is 5.32 Å². The van der Waals surface area contributed by atoms with Crippen molar-refractivity contribution in [3.8, 4) is 0 Å². The number of carbonyl (C=O) groups is 1. The first-order valence-electron chi connectivity index (χ1n) is 6.86. The van der Waals surface area contributed by atoms with Crippen LogP contribution in [-0.4, -0.2) is 31.9 Å². The number of rotatable bonds is 3. The Morgan fingerprint density at radius 2 is 1.95 bits per heavy atom. The fraction of sp³-hybridized carbons (Fsp3) is 0.643. The smallest absolute Gasteiger partial charge is 0.255 e. The van der Waals surface area contributed by atoms with Gasteiger partial charge in [-0.3, -0.25) is 4.79 Å². The van der Waals surface area contributed by atoms with E-state index in [1.165, 1.54) is 6.26 Å². The Balaban J connectivity index is 2.15. The van der Waals surface area contributed by atoms with Gasteiger partial charge in [0.15, 0.2) is 9.84 Å². The van der Waals surface area contributed by atoms with Crippen molar-refractivity contribution in [3.05, 3.63) is 23.2 Å². The lowest BCUT2D eigenvalue weighted by molar-refractivity contribution is 0.0927. The SMILES string of the molecule is Cc1cc(C(=O)N[C@@H]2CCCC[C@H]2S(C)(=O)=O)c(C)o1. The highest BCUT2D eigenvalue weighted by Gasteiger charge is 2.34. The molecule has 6 heteroatoms. The molecule has 0 aromatic carbocycles. The molecule has 2 rings (SSSR count). The number of carbonyl (C=O) groups excluding carboxylic acids is 1. The lowest BCUT2D eigenvalue weighted by atomic mass is 9.94. The number of furan rings is 1. The highest BCUT2D eigenvalue weighted by molar-refractivity contribution is 7.91. The van der Waals surface area contributed by atoms with E-state index in [4.69, 9.17) is 4.42 Å². The van der Waals surface area contributed by atoms with Crippen LogP contribution in [0.25, 0.3) is 0 Å². The first-order valence-corrected chi connectivity index (χ1v) is 8.81. The Morgan fingerprint density at radius 1 is 1.30 bits per heavy atom.